The van der Waals surface area contributed by atoms with E-state index in [0.717, 1.165) is 36.4 Å². The number of anilines is 1. The summed E-state index contributed by atoms with van der Waals surface area (Å²) in [6, 6.07) is -0.714. The zero-order chi connectivity index (χ0) is 44.2. The first-order chi connectivity index (χ1) is 28.8. The summed E-state index contributed by atoms with van der Waals surface area (Å²) in [5.41, 5.74) is -0.0792. The van der Waals surface area contributed by atoms with Gasteiger partial charge in [0.15, 0.2) is 0 Å². The molecular formula is C41H50F5N7O8. The average Bonchev–Trinajstić information content (AvgIpc) is 3.82. The number of carbonyl (C=O) groups excluding carboxylic acids is 6. The van der Waals surface area contributed by atoms with Crippen LogP contribution >= 0.6 is 0 Å². The van der Waals surface area contributed by atoms with Gasteiger partial charge in [0.25, 0.3) is 0 Å². The van der Waals surface area contributed by atoms with Crippen molar-refractivity contribution in [3.63, 3.8) is 0 Å². The molecule has 0 bridgehead atoms. The van der Waals surface area contributed by atoms with E-state index in [2.05, 4.69) is 26.0 Å². The van der Waals surface area contributed by atoms with Crippen LogP contribution in [0.3, 0.4) is 0 Å². The Balaban J connectivity index is 1.30. The maximum absolute atomic E-state index is 14.7. The molecule has 0 saturated carbocycles. The van der Waals surface area contributed by atoms with Gasteiger partial charge >= 0.3 is 18.4 Å². The number of nitrogens with zero attached hydrogens (tertiary/aromatic N) is 3. The highest BCUT2D eigenvalue weighted by molar-refractivity contribution is 5.98. The van der Waals surface area contributed by atoms with Gasteiger partial charge < -0.3 is 40.5 Å². The Labute approximate surface area is 349 Å². The molecule has 4 aliphatic heterocycles. The molecule has 15 nitrogen and oxygen atoms in total. The number of hydrogen-bond donors (Lipinski definition) is 4. The fraction of sp³-hybridized carbons (Fsp3) is 0.561. The maximum atomic E-state index is 14.7. The Bertz CT molecular complexity index is 1950. The lowest BCUT2D eigenvalue weighted by atomic mass is 9.99. The monoisotopic (exact) mass is 863 g/mol. The number of nitrogens with one attached hydrogen (secondary N) is 4. The minimum absolute atomic E-state index is 0.0147. The molecule has 4 fully saturated rings. The molecule has 0 aromatic heterocycles. The lowest BCUT2D eigenvalue weighted by Gasteiger charge is -2.40. The first-order valence-corrected chi connectivity index (χ1v) is 20.4. The van der Waals surface area contributed by atoms with Crippen molar-refractivity contribution >= 4 is 41.3 Å². The number of cyclic esters (lactones) is 1. The molecule has 4 aliphatic rings. The molecule has 61 heavy (non-hydrogen) atoms. The van der Waals surface area contributed by atoms with Gasteiger partial charge in [-0.25, -0.2) is 13.6 Å². The van der Waals surface area contributed by atoms with Crippen LogP contribution in [-0.4, -0.2) is 125 Å². The Morgan fingerprint density at radius 1 is 0.869 bits per heavy atom. The first-order valence-electron chi connectivity index (χ1n) is 20.4. The molecule has 6 amide bonds. The van der Waals surface area contributed by atoms with Crippen molar-refractivity contribution < 1.29 is 60.2 Å². The zero-order valence-corrected chi connectivity index (χ0v) is 33.9. The van der Waals surface area contributed by atoms with Gasteiger partial charge in [-0.2, -0.15) is 0 Å². The van der Waals surface area contributed by atoms with Gasteiger partial charge in [0.05, 0.1) is 0 Å². The van der Waals surface area contributed by atoms with Gasteiger partial charge in [-0.05, 0) is 100 Å². The van der Waals surface area contributed by atoms with Crippen LogP contribution in [0, 0.1) is 17.6 Å². The number of rotatable bonds is 7. The van der Waals surface area contributed by atoms with Crippen molar-refractivity contribution in [1.82, 2.24) is 30.7 Å². The molecular weight excluding hydrogens is 813 g/mol. The van der Waals surface area contributed by atoms with Crippen LogP contribution in [0.15, 0.2) is 42.5 Å². The van der Waals surface area contributed by atoms with Crippen LogP contribution in [0.4, 0.5) is 32.4 Å². The number of esters is 1. The number of carbonyl (C=O) groups is 6. The van der Waals surface area contributed by atoms with E-state index in [0.29, 0.717) is 57.8 Å². The summed E-state index contributed by atoms with van der Waals surface area (Å²) in [6.45, 7) is 6.39. The van der Waals surface area contributed by atoms with E-state index < -0.39 is 102 Å². The third kappa shape index (κ3) is 11.4. The number of halogens is 5. The summed E-state index contributed by atoms with van der Waals surface area (Å²) >= 11 is 0. The Morgan fingerprint density at radius 2 is 1.52 bits per heavy atom. The Kier molecular flexibility index (Phi) is 14.0. The summed E-state index contributed by atoms with van der Waals surface area (Å²) in [4.78, 5) is 88.9. The molecule has 6 rings (SSSR count). The molecule has 8 unspecified atom stereocenters. The topological polar surface area (TPSA) is 179 Å². The molecule has 4 N–H and O–H groups in total. The standard InChI is InChI=1S/C41H50F5N7O8/c1-22-15-33-39(58)60-24(3)34(38(57)53-14-6-8-32(53)37(56)52-13-5-4-7-31(52)36(55)47-23(2)21-51(33)20-22)50-35(54)30(18-25-16-26(42)19-27(43)17-25)49-40(59)48-28-9-11-29(12-10-28)61-41(44,45)46/h9-12,16-17,19,22-24,30-34H,4-8,13-15,18,20-21H2,1-3H3,(H,47,55)(H,50,54)(H2,48,49,59). The number of fused-ring (bicyclic) bond motifs is 3. The van der Waals surface area contributed by atoms with Gasteiger partial charge in [0.2, 0.25) is 23.6 Å². The highest BCUT2D eigenvalue weighted by Crippen LogP contribution is 2.29. The number of amides is 6. The highest BCUT2D eigenvalue weighted by atomic mass is 19.4. The third-order valence-electron chi connectivity index (χ3n) is 11.4. The summed E-state index contributed by atoms with van der Waals surface area (Å²) < 4.78 is 76.5. The third-order valence-corrected chi connectivity index (χ3v) is 11.4. The second kappa shape index (κ2) is 19.0. The largest absolute Gasteiger partial charge is 0.573 e. The number of ether oxygens (including phenoxy) is 2. The number of alkyl halides is 3. The lowest BCUT2D eigenvalue weighted by Crippen LogP contribution is -2.62. The molecule has 332 valence electrons. The van der Waals surface area contributed by atoms with E-state index in [4.69, 9.17) is 4.74 Å². The summed E-state index contributed by atoms with van der Waals surface area (Å²) in [7, 11) is 0. The van der Waals surface area contributed by atoms with Gasteiger partial charge in [-0.3, -0.25) is 28.9 Å². The van der Waals surface area contributed by atoms with Crippen molar-refractivity contribution in [3.05, 3.63) is 59.7 Å². The van der Waals surface area contributed by atoms with Crippen molar-refractivity contribution in [2.45, 2.75) is 114 Å². The molecule has 20 heteroatoms. The van der Waals surface area contributed by atoms with E-state index in [-0.39, 0.29) is 36.0 Å². The van der Waals surface area contributed by atoms with Crippen LogP contribution in [0.25, 0.3) is 0 Å². The molecule has 2 aromatic carbocycles. The van der Waals surface area contributed by atoms with Crippen LogP contribution in [0.2, 0.25) is 0 Å². The summed E-state index contributed by atoms with van der Waals surface area (Å²) in [5.74, 6) is -5.71. The average molecular weight is 864 g/mol. The first kappa shape index (κ1) is 45.0. The number of benzene rings is 2. The second-order valence-corrected chi connectivity index (χ2v) is 16.3. The molecule has 8 atom stereocenters. The van der Waals surface area contributed by atoms with Crippen molar-refractivity contribution in [3.8, 4) is 5.75 Å². The zero-order valence-electron chi connectivity index (χ0n) is 33.9. The quantitative estimate of drug-likeness (QED) is 0.239. The lowest BCUT2D eigenvalue weighted by molar-refractivity contribution is -0.274. The predicted molar refractivity (Wildman–Crippen MR) is 207 cm³/mol. The predicted octanol–water partition coefficient (Wildman–Crippen LogP) is 3.61. The molecule has 2 aromatic rings. The number of urea groups is 1. The van der Waals surface area contributed by atoms with Crippen molar-refractivity contribution in [2.24, 2.45) is 5.92 Å². The van der Waals surface area contributed by atoms with Crippen LogP contribution < -0.4 is 26.0 Å². The molecule has 4 saturated heterocycles. The number of piperidine rings is 1. The highest BCUT2D eigenvalue weighted by Gasteiger charge is 2.46. The van der Waals surface area contributed by atoms with Crippen LogP contribution in [0.5, 0.6) is 5.75 Å². The van der Waals surface area contributed by atoms with Gasteiger partial charge in [-0.1, -0.05) is 6.92 Å². The normalized spacial score (nSPS) is 27.2. The smallest absolute Gasteiger partial charge is 0.459 e. The number of hydrogen-bond acceptors (Lipinski definition) is 9. The Morgan fingerprint density at radius 3 is 2.21 bits per heavy atom. The summed E-state index contributed by atoms with van der Waals surface area (Å²) in [5, 5.41) is 10.4. The van der Waals surface area contributed by atoms with Crippen molar-refractivity contribution in [1.29, 1.82) is 0 Å². The molecule has 0 aliphatic carbocycles. The fourth-order valence-electron chi connectivity index (χ4n) is 8.64. The van der Waals surface area contributed by atoms with Gasteiger partial charge in [-0.15, -0.1) is 13.2 Å². The van der Waals surface area contributed by atoms with Crippen LogP contribution in [0.1, 0.15) is 64.9 Å². The van der Waals surface area contributed by atoms with E-state index in [1.54, 1.807) is 0 Å². The van der Waals surface area contributed by atoms with E-state index in [1.807, 2.05) is 18.7 Å². The maximum Gasteiger partial charge on any atom is 0.573 e. The molecule has 0 radical (unpaired) electrons. The van der Waals surface area contributed by atoms with Crippen molar-refractivity contribution in [2.75, 3.05) is 31.5 Å². The van der Waals surface area contributed by atoms with E-state index in [1.165, 1.54) is 16.7 Å². The second-order valence-electron chi connectivity index (χ2n) is 16.3. The SMILES string of the molecule is CC1CC2C(=O)OC(C)C(NC(=O)C(Cc3cc(F)cc(F)c3)NC(=O)Nc3ccc(OC(F)(F)F)cc3)C(=O)N3CCCC3C(=O)N3CCCCC3C(=O)NC(C)CN2C1. The molecule has 4 heterocycles. The minimum Gasteiger partial charge on any atom is -0.459 e. The van der Waals surface area contributed by atoms with Crippen LogP contribution in [-0.2, 0) is 35.1 Å². The van der Waals surface area contributed by atoms with E-state index >= 15 is 0 Å². The van der Waals surface area contributed by atoms with Gasteiger partial charge in [0.1, 0.15) is 53.7 Å². The molecule has 0 spiro atoms. The minimum atomic E-state index is -4.96. The summed E-state index contributed by atoms with van der Waals surface area (Å²) in [6.07, 6.45) is -3.95. The van der Waals surface area contributed by atoms with Gasteiger partial charge in [0, 0.05) is 50.4 Å². The Hall–Kier alpha value is -5.53. The fourth-order valence-corrected chi connectivity index (χ4v) is 8.64. The van der Waals surface area contributed by atoms with E-state index in [9.17, 15) is 50.7 Å².